The Morgan fingerprint density at radius 3 is 2.60 bits per heavy atom. The van der Waals surface area contributed by atoms with Gasteiger partial charge in [0.2, 0.25) is 5.91 Å². The van der Waals surface area contributed by atoms with Gasteiger partial charge in [0.1, 0.15) is 0 Å². The number of carbonyl (C=O) groups is 1. The molecule has 0 aromatic carbocycles. The number of carbonyl (C=O) groups excluding carboxylic acids is 1. The van der Waals surface area contributed by atoms with Crippen molar-refractivity contribution >= 4 is 5.91 Å². The molecule has 0 N–H and O–H groups in total. The molecule has 0 bridgehead atoms. The van der Waals surface area contributed by atoms with Gasteiger partial charge in [-0.25, -0.2) is 0 Å². The largest absolute Gasteiger partial charge is 0.379 e. The second-order valence-electron chi connectivity index (χ2n) is 6.73. The lowest BCUT2D eigenvalue weighted by Crippen LogP contribution is -2.56. The second kappa shape index (κ2) is 6.00. The smallest absolute Gasteiger partial charge is 0.233 e. The van der Waals surface area contributed by atoms with Crippen LogP contribution in [0.2, 0.25) is 0 Å². The Hall–Kier alpha value is -0.650. The average Bonchev–Trinajstić information content (AvgIpc) is 2.45. The van der Waals surface area contributed by atoms with E-state index >= 15 is 0 Å². The van der Waals surface area contributed by atoms with Crippen LogP contribution in [-0.4, -0.2) is 74.9 Å². The van der Waals surface area contributed by atoms with Crippen molar-refractivity contribution in [3.05, 3.63) is 0 Å². The summed E-state index contributed by atoms with van der Waals surface area (Å²) in [5.41, 5.74) is -0.249. The molecule has 5 heteroatoms. The number of hydrogen-bond donors (Lipinski definition) is 0. The lowest BCUT2D eigenvalue weighted by atomic mass is 9.85. The van der Waals surface area contributed by atoms with E-state index in [9.17, 15) is 4.79 Å². The fraction of sp³-hybridized carbons (Fsp3) is 0.933. The topological polar surface area (TPSA) is 42.0 Å². The number of hydrogen-bond acceptors (Lipinski definition) is 4. The van der Waals surface area contributed by atoms with E-state index in [0.717, 1.165) is 52.4 Å². The molecule has 0 aromatic rings. The summed E-state index contributed by atoms with van der Waals surface area (Å²) in [6.07, 6.45) is 2.38. The highest BCUT2D eigenvalue weighted by Gasteiger charge is 2.44. The van der Waals surface area contributed by atoms with Crippen LogP contribution in [0.3, 0.4) is 0 Å². The van der Waals surface area contributed by atoms with Crippen LogP contribution in [0.5, 0.6) is 0 Å². The molecular formula is C15H26N2O3. The van der Waals surface area contributed by atoms with Gasteiger partial charge in [-0.05, 0) is 25.7 Å². The van der Waals surface area contributed by atoms with Crippen molar-refractivity contribution in [2.75, 3.05) is 59.2 Å². The normalized spacial score (nSPS) is 30.9. The molecule has 20 heavy (non-hydrogen) atoms. The van der Waals surface area contributed by atoms with Gasteiger partial charge in [-0.15, -0.1) is 0 Å². The monoisotopic (exact) mass is 282 g/mol. The molecule has 1 amide bonds. The molecule has 114 valence electrons. The van der Waals surface area contributed by atoms with Crippen molar-refractivity contribution < 1.29 is 14.3 Å². The van der Waals surface area contributed by atoms with Crippen molar-refractivity contribution in [1.82, 2.24) is 9.80 Å². The van der Waals surface area contributed by atoms with Crippen LogP contribution in [0.4, 0.5) is 0 Å². The first-order chi connectivity index (χ1) is 9.67. The molecule has 3 fully saturated rings. The maximum atomic E-state index is 12.6. The average molecular weight is 282 g/mol. The van der Waals surface area contributed by atoms with Crippen molar-refractivity contribution in [3.63, 3.8) is 0 Å². The van der Waals surface area contributed by atoms with Crippen LogP contribution in [0.25, 0.3) is 0 Å². The molecule has 0 spiro atoms. The Balaban J connectivity index is 1.52. The number of ether oxygens (including phenoxy) is 2. The van der Waals surface area contributed by atoms with E-state index in [1.54, 1.807) is 0 Å². The second-order valence-corrected chi connectivity index (χ2v) is 6.73. The minimum Gasteiger partial charge on any atom is -0.379 e. The maximum absolute atomic E-state index is 12.6. The maximum Gasteiger partial charge on any atom is 0.233 e. The summed E-state index contributed by atoms with van der Waals surface area (Å²) in [5, 5.41) is 0. The zero-order valence-corrected chi connectivity index (χ0v) is 12.5. The standard InChI is InChI=1S/C15H26N2O3/c1-15(11-20-12-15)14(18)17-4-2-3-13(10-17)9-16-5-7-19-8-6-16/h13H,2-12H2,1H3. The van der Waals surface area contributed by atoms with Crippen molar-refractivity contribution in [2.24, 2.45) is 11.3 Å². The highest BCUT2D eigenvalue weighted by Crippen LogP contribution is 2.31. The minimum absolute atomic E-state index is 0.249. The van der Waals surface area contributed by atoms with E-state index in [1.807, 2.05) is 6.92 Å². The Bertz CT molecular complexity index is 351. The third kappa shape index (κ3) is 3.00. The Morgan fingerprint density at radius 1 is 1.20 bits per heavy atom. The molecule has 0 aliphatic carbocycles. The number of rotatable bonds is 3. The van der Waals surface area contributed by atoms with Crippen LogP contribution in [0, 0.1) is 11.3 Å². The van der Waals surface area contributed by atoms with E-state index in [0.29, 0.717) is 25.0 Å². The summed E-state index contributed by atoms with van der Waals surface area (Å²) in [6.45, 7) is 9.96. The molecule has 1 unspecified atom stereocenters. The lowest BCUT2D eigenvalue weighted by Gasteiger charge is -2.43. The third-order valence-electron chi connectivity index (χ3n) is 4.78. The van der Waals surface area contributed by atoms with Crippen molar-refractivity contribution in [3.8, 4) is 0 Å². The first-order valence-corrected chi connectivity index (χ1v) is 7.85. The molecule has 3 rings (SSSR count). The number of nitrogens with zero attached hydrogens (tertiary/aromatic N) is 2. The number of morpholine rings is 1. The SMILES string of the molecule is CC1(C(=O)N2CCCC(CN3CCOCC3)C2)COC1. The van der Waals surface area contributed by atoms with Gasteiger partial charge in [-0.2, -0.15) is 0 Å². The van der Waals surface area contributed by atoms with Gasteiger partial charge >= 0.3 is 0 Å². The van der Waals surface area contributed by atoms with Gasteiger partial charge in [-0.3, -0.25) is 9.69 Å². The fourth-order valence-corrected chi connectivity index (χ4v) is 3.46. The Kier molecular flexibility index (Phi) is 4.29. The van der Waals surface area contributed by atoms with E-state index in [2.05, 4.69) is 9.80 Å². The summed E-state index contributed by atoms with van der Waals surface area (Å²) in [6, 6.07) is 0. The molecule has 5 nitrogen and oxygen atoms in total. The van der Waals surface area contributed by atoms with E-state index in [4.69, 9.17) is 9.47 Å². The Morgan fingerprint density at radius 2 is 1.95 bits per heavy atom. The van der Waals surface area contributed by atoms with E-state index < -0.39 is 0 Å². The molecule has 0 saturated carbocycles. The van der Waals surface area contributed by atoms with Crippen LogP contribution in [0.15, 0.2) is 0 Å². The molecule has 3 heterocycles. The molecule has 0 aromatic heterocycles. The fourth-order valence-electron chi connectivity index (χ4n) is 3.46. The molecule has 0 radical (unpaired) electrons. The molecule has 3 aliphatic rings. The van der Waals surface area contributed by atoms with Crippen LogP contribution in [0.1, 0.15) is 19.8 Å². The summed E-state index contributed by atoms with van der Waals surface area (Å²) in [7, 11) is 0. The quantitative estimate of drug-likeness (QED) is 0.760. The van der Waals surface area contributed by atoms with Gasteiger partial charge in [0.05, 0.1) is 31.8 Å². The molecule has 3 aliphatic heterocycles. The van der Waals surface area contributed by atoms with Crippen LogP contribution < -0.4 is 0 Å². The van der Waals surface area contributed by atoms with Gasteiger partial charge in [-0.1, -0.05) is 0 Å². The molecule has 3 saturated heterocycles. The van der Waals surface area contributed by atoms with Gasteiger partial charge in [0.15, 0.2) is 0 Å². The zero-order valence-electron chi connectivity index (χ0n) is 12.5. The predicted molar refractivity (Wildman–Crippen MR) is 75.5 cm³/mol. The number of likely N-dealkylation sites (tertiary alicyclic amines) is 1. The predicted octanol–water partition coefficient (Wildman–Crippen LogP) is 0.594. The minimum atomic E-state index is -0.249. The summed E-state index contributed by atoms with van der Waals surface area (Å²) in [5.74, 6) is 0.922. The summed E-state index contributed by atoms with van der Waals surface area (Å²) in [4.78, 5) is 17.1. The van der Waals surface area contributed by atoms with Crippen molar-refractivity contribution in [1.29, 1.82) is 0 Å². The van der Waals surface area contributed by atoms with Gasteiger partial charge in [0.25, 0.3) is 0 Å². The van der Waals surface area contributed by atoms with Crippen molar-refractivity contribution in [2.45, 2.75) is 19.8 Å². The Labute approximate surface area is 121 Å². The van der Waals surface area contributed by atoms with Crippen LogP contribution >= 0.6 is 0 Å². The summed E-state index contributed by atoms with van der Waals surface area (Å²) < 4.78 is 10.6. The highest BCUT2D eigenvalue weighted by molar-refractivity contribution is 5.83. The van der Waals surface area contributed by atoms with Gasteiger partial charge in [0, 0.05) is 32.7 Å². The zero-order chi connectivity index (χ0) is 14.0. The lowest BCUT2D eigenvalue weighted by molar-refractivity contribution is -0.170. The third-order valence-corrected chi connectivity index (χ3v) is 4.78. The molecule has 1 atom stereocenters. The molecular weight excluding hydrogens is 256 g/mol. The van der Waals surface area contributed by atoms with Crippen LogP contribution in [-0.2, 0) is 14.3 Å². The highest BCUT2D eigenvalue weighted by atomic mass is 16.5. The summed E-state index contributed by atoms with van der Waals surface area (Å²) >= 11 is 0. The number of piperidine rings is 1. The van der Waals surface area contributed by atoms with E-state index in [1.165, 1.54) is 6.42 Å². The van der Waals surface area contributed by atoms with Gasteiger partial charge < -0.3 is 14.4 Å². The first-order valence-electron chi connectivity index (χ1n) is 7.85. The van der Waals surface area contributed by atoms with E-state index in [-0.39, 0.29) is 5.41 Å². The first kappa shape index (κ1) is 14.3. The number of amides is 1.